The summed E-state index contributed by atoms with van der Waals surface area (Å²) >= 11 is 2.15. The molecule has 0 saturated heterocycles. The summed E-state index contributed by atoms with van der Waals surface area (Å²) in [5.74, 6) is -0.439. The average Bonchev–Trinajstić information content (AvgIpc) is 2.83. The molecule has 1 aliphatic rings. The molecule has 0 aliphatic carbocycles. The zero-order chi connectivity index (χ0) is 19.4. The van der Waals surface area contributed by atoms with Crippen LogP contribution in [0.15, 0.2) is 66.9 Å². The molecule has 1 N–H and O–H groups in total. The highest BCUT2D eigenvalue weighted by molar-refractivity contribution is 14.1. The summed E-state index contributed by atoms with van der Waals surface area (Å²) in [5.41, 5.74) is 3.54. The summed E-state index contributed by atoms with van der Waals surface area (Å²) in [4.78, 5) is 33.6. The normalized spacial score (nSPS) is 12.0. The largest absolute Gasteiger partial charge is 0.320 e. The first-order valence-corrected chi connectivity index (χ1v) is 10.5. The summed E-state index contributed by atoms with van der Waals surface area (Å²) in [5, 5.41) is 2.88. The summed E-state index contributed by atoms with van der Waals surface area (Å²) in [7, 11) is 0. The molecule has 0 spiro atoms. The van der Waals surface area contributed by atoms with Crippen LogP contribution in [0.5, 0.6) is 0 Å². The number of halogens is 1. The fourth-order valence-electron chi connectivity index (χ4n) is 2.98. The number of amides is 2. The minimum absolute atomic E-state index is 0.207. The van der Waals surface area contributed by atoms with E-state index < -0.39 is 0 Å². The molecule has 0 radical (unpaired) electrons. The van der Waals surface area contributed by atoms with E-state index in [1.807, 2.05) is 36.1 Å². The topological polar surface area (TPSA) is 62.3 Å². The van der Waals surface area contributed by atoms with Crippen LogP contribution in [0.1, 0.15) is 26.4 Å². The lowest BCUT2D eigenvalue weighted by atomic mass is 10.1. The summed E-state index contributed by atoms with van der Waals surface area (Å²) in [6.07, 6.45) is 1.61. The van der Waals surface area contributed by atoms with Crippen LogP contribution in [0.2, 0.25) is 0 Å². The van der Waals surface area contributed by atoms with E-state index >= 15 is 0 Å². The Kier molecular flexibility index (Phi) is 5.85. The smallest absolute Gasteiger partial charge is 0.263 e. The predicted molar refractivity (Wildman–Crippen MR) is 116 cm³/mol. The van der Waals surface area contributed by atoms with Gasteiger partial charge in [0.15, 0.2) is 0 Å². The Balaban J connectivity index is 0.00000102. The van der Waals surface area contributed by atoms with Gasteiger partial charge < -0.3 is 5.32 Å². The number of pyridine rings is 1. The van der Waals surface area contributed by atoms with Crippen molar-refractivity contribution in [3.8, 4) is 0 Å². The fourth-order valence-corrected chi connectivity index (χ4v) is 2.98. The molecule has 2 aromatic carbocycles. The van der Waals surface area contributed by atoms with E-state index in [0.717, 1.165) is 5.69 Å². The monoisotopic (exact) mass is 471 g/mol. The number of carbonyl (C=O) groups is 2. The van der Waals surface area contributed by atoms with Crippen LogP contribution in [0.3, 0.4) is 0 Å². The molecule has 0 atom stereocenters. The molecule has 6 heteroatoms. The predicted octanol–water partition coefficient (Wildman–Crippen LogP) is 4.99. The van der Waals surface area contributed by atoms with E-state index in [9.17, 15) is 9.59 Å². The fraction of sp³-hybridized carbons (Fsp3) is 0.0952. The number of anilines is 3. The van der Waals surface area contributed by atoms with Crippen LogP contribution in [0, 0.1) is 6.92 Å². The number of alkyl halides is 1. The van der Waals surface area contributed by atoms with Gasteiger partial charge in [-0.15, -0.1) is 0 Å². The minimum atomic E-state index is -0.232. The first-order chi connectivity index (χ1) is 13.1. The molecule has 0 saturated carbocycles. The second-order valence-corrected chi connectivity index (χ2v) is 5.81. The van der Waals surface area contributed by atoms with Crippen LogP contribution in [-0.4, -0.2) is 21.7 Å². The number of aromatic nitrogens is 1. The molecule has 27 heavy (non-hydrogen) atoms. The highest BCUT2D eigenvalue weighted by atomic mass is 127. The molecule has 0 fully saturated rings. The number of para-hydroxylation sites is 3. The molecule has 1 aromatic heterocycles. The van der Waals surface area contributed by atoms with Crippen LogP contribution in [-0.2, 0) is 0 Å². The van der Waals surface area contributed by atoms with Gasteiger partial charge in [0.05, 0.1) is 22.6 Å². The zero-order valence-corrected chi connectivity index (χ0v) is 17.1. The van der Waals surface area contributed by atoms with Gasteiger partial charge in [-0.25, -0.2) is 0 Å². The number of benzene rings is 2. The first-order valence-electron chi connectivity index (χ1n) is 8.29. The highest BCUT2D eigenvalue weighted by Crippen LogP contribution is 2.38. The second-order valence-electron chi connectivity index (χ2n) is 5.81. The first kappa shape index (κ1) is 19.0. The van der Waals surface area contributed by atoms with E-state index in [-0.39, 0.29) is 11.8 Å². The Morgan fingerprint density at radius 1 is 1.00 bits per heavy atom. The van der Waals surface area contributed by atoms with Crippen molar-refractivity contribution >= 4 is 51.5 Å². The van der Waals surface area contributed by atoms with Gasteiger partial charge in [-0.05, 0) is 48.3 Å². The van der Waals surface area contributed by atoms with Crippen molar-refractivity contribution in [3.05, 3.63) is 83.7 Å². The van der Waals surface area contributed by atoms with Gasteiger partial charge in [0.25, 0.3) is 11.8 Å². The summed E-state index contributed by atoms with van der Waals surface area (Å²) < 4.78 is 0. The van der Waals surface area contributed by atoms with E-state index in [0.29, 0.717) is 28.2 Å². The quantitative estimate of drug-likeness (QED) is 0.402. The third kappa shape index (κ3) is 3.71. The third-order valence-corrected chi connectivity index (χ3v) is 4.13. The van der Waals surface area contributed by atoms with Crippen molar-refractivity contribution in [1.29, 1.82) is 0 Å². The number of nitrogens with zero attached hydrogens (tertiary/aromatic N) is 2. The molecule has 2 heterocycles. The molecule has 2 amide bonds. The Morgan fingerprint density at radius 2 is 1.67 bits per heavy atom. The lowest BCUT2D eigenvalue weighted by Gasteiger charge is -2.24. The third-order valence-electron chi connectivity index (χ3n) is 4.13. The van der Waals surface area contributed by atoms with E-state index in [1.54, 1.807) is 47.5 Å². The van der Waals surface area contributed by atoms with Gasteiger partial charge in [-0.2, -0.15) is 0 Å². The lowest BCUT2D eigenvalue weighted by molar-refractivity contribution is 0.0999. The van der Waals surface area contributed by atoms with Crippen LogP contribution in [0.25, 0.3) is 0 Å². The van der Waals surface area contributed by atoms with Gasteiger partial charge in [-0.3, -0.25) is 19.5 Å². The molecule has 4 rings (SSSR count). The molecular formula is C21H18IN3O2. The van der Waals surface area contributed by atoms with E-state index in [4.69, 9.17) is 0 Å². The number of nitrogens with one attached hydrogen (secondary N) is 1. The van der Waals surface area contributed by atoms with Crippen LogP contribution in [0.4, 0.5) is 17.1 Å². The Hall–Kier alpha value is -2.74. The molecular weight excluding hydrogens is 453 g/mol. The minimum Gasteiger partial charge on any atom is -0.320 e. The van der Waals surface area contributed by atoms with Crippen LogP contribution >= 0.6 is 22.6 Å². The Bertz CT molecular complexity index is 1000. The van der Waals surface area contributed by atoms with Gasteiger partial charge >= 0.3 is 0 Å². The summed E-state index contributed by atoms with van der Waals surface area (Å²) in [6, 6.07) is 17.8. The number of hydrogen-bond acceptors (Lipinski definition) is 3. The maximum atomic E-state index is 13.3. The van der Waals surface area contributed by atoms with Crippen molar-refractivity contribution < 1.29 is 9.59 Å². The van der Waals surface area contributed by atoms with E-state index in [2.05, 4.69) is 32.9 Å². The average molecular weight is 471 g/mol. The van der Waals surface area contributed by atoms with Gasteiger partial charge in [-0.1, -0.05) is 46.9 Å². The number of rotatable bonds is 1. The van der Waals surface area contributed by atoms with Crippen molar-refractivity contribution in [2.24, 2.45) is 0 Å². The van der Waals surface area contributed by atoms with Crippen LogP contribution < -0.4 is 10.2 Å². The standard InChI is InChI=1S/C20H15N3O2.CH3I/c1-13-12-14(10-11-21-13)20(25)23-17-8-4-2-6-15(17)19(24)22-16-7-3-5-9-18(16)23;1-2/h2-12H,1H3,(H,22,24);1H3. The molecule has 1 aliphatic heterocycles. The Labute approximate surface area is 171 Å². The number of fused-ring (bicyclic) bond motifs is 2. The maximum Gasteiger partial charge on any atom is 0.263 e. The zero-order valence-electron chi connectivity index (χ0n) is 14.9. The second kappa shape index (κ2) is 8.30. The van der Waals surface area contributed by atoms with Crippen molar-refractivity contribution in [3.63, 3.8) is 0 Å². The van der Waals surface area contributed by atoms with Gasteiger partial charge in [0, 0.05) is 17.5 Å². The van der Waals surface area contributed by atoms with E-state index in [1.165, 1.54) is 0 Å². The number of carbonyl (C=O) groups excluding carboxylic acids is 2. The number of aryl methyl sites for hydroxylation is 1. The molecule has 3 aromatic rings. The molecule has 0 bridgehead atoms. The highest BCUT2D eigenvalue weighted by Gasteiger charge is 2.29. The molecule has 5 nitrogen and oxygen atoms in total. The van der Waals surface area contributed by atoms with Crippen molar-refractivity contribution in [2.75, 3.05) is 15.1 Å². The van der Waals surface area contributed by atoms with Gasteiger partial charge in [0.2, 0.25) is 0 Å². The SMILES string of the molecule is CI.Cc1cc(C(=O)N2c3ccccc3NC(=O)c3ccccc32)ccn1. The molecule has 0 unspecified atom stereocenters. The van der Waals surface area contributed by atoms with Gasteiger partial charge in [0.1, 0.15) is 0 Å². The number of hydrogen-bond donors (Lipinski definition) is 1. The van der Waals surface area contributed by atoms with Crippen molar-refractivity contribution in [2.45, 2.75) is 6.92 Å². The summed E-state index contributed by atoms with van der Waals surface area (Å²) in [6.45, 7) is 1.84. The lowest BCUT2D eigenvalue weighted by Crippen LogP contribution is -2.26. The maximum absolute atomic E-state index is 13.3. The van der Waals surface area contributed by atoms with Crippen molar-refractivity contribution in [1.82, 2.24) is 4.98 Å². The molecule has 136 valence electrons. The Morgan fingerprint density at radius 3 is 2.41 bits per heavy atom.